The molecule has 2 rings (SSSR count). The van der Waals surface area contributed by atoms with Gasteiger partial charge in [-0.05, 0) is 44.1 Å². The molecule has 0 radical (unpaired) electrons. The third-order valence-corrected chi connectivity index (χ3v) is 3.53. The van der Waals surface area contributed by atoms with Crippen LogP contribution in [-0.4, -0.2) is 44.7 Å². The van der Waals surface area contributed by atoms with Crippen molar-refractivity contribution in [2.75, 3.05) is 44.7 Å². The molecule has 1 aliphatic heterocycles. The van der Waals surface area contributed by atoms with E-state index in [-0.39, 0.29) is 5.82 Å². The molecule has 1 saturated heterocycles. The van der Waals surface area contributed by atoms with Gasteiger partial charge in [0.1, 0.15) is 5.82 Å². The van der Waals surface area contributed by atoms with Crippen molar-refractivity contribution in [3.05, 3.63) is 29.6 Å². The summed E-state index contributed by atoms with van der Waals surface area (Å²) in [5, 5.41) is 0. The Hall–Kier alpha value is -1.13. The molecule has 0 aliphatic carbocycles. The molecule has 1 aromatic rings. The molecule has 3 nitrogen and oxygen atoms in total. The highest BCUT2D eigenvalue weighted by Crippen LogP contribution is 2.22. The minimum absolute atomic E-state index is 0.103. The molecule has 1 heterocycles. The van der Waals surface area contributed by atoms with Gasteiger partial charge >= 0.3 is 0 Å². The second-order valence-electron chi connectivity index (χ2n) is 4.97. The van der Waals surface area contributed by atoms with Crippen molar-refractivity contribution >= 4 is 5.69 Å². The maximum atomic E-state index is 14.1. The van der Waals surface area contributed by atoms with Crippen LogP contribution < -0.4 is 10.6 Å². The number of likely N-dealkylation sites (N-methyl/N-ethyl adjacent to an activating group) is 1. The fourth-order valence-corrected chi connectivity index (χ4v) is 2.32. The summed E-state index contributed by atoms with van der Waals surface area (Å²) >= 11 is 0. The summed E-state index contributed by atoms with van der Waals surface area (Å²) in [4.78, 5) is 4.39. The van der Waals surface area contributed by atoms with Crippen LogP contribution in [-0.2, 0) is 6.42 Å². The Morgan fingerprint density at radius 2 is 1.94 bits per heavy atom. The predicted molar refractivity (Wildman–Crippen MR) is 73.5 cm³/mol. The fraction of sp³-hybridized carbons (Fsp3) is 0.571. The molecule has 0 saturated carbocycles. The maximum absolute atomic E-state index is 14.1. The topological polar surface area (TPSA) is 32.5 Å². The van der Waals surface area contributed by atoms with Crippen molar-refractivity contribution in [2.24, 2.45) is 5.73 Å². The van der Waals surface area contributed by atoms with Gasteiger partial charge in [0.15, 0.2) is 0 Å². The number of hydrogen-bond acceptors (Lipinski definition) is 3. The zero-order valence-corrected chi connectivity index (χ0v) is 11.0. The van der Waals surface area contributed by atoms with E-state index in [0.29, 0.717) is 6.54 Å². The Bertz CT molecular complexity index is 387. The van der Waals surface area contributed by atoms with Gasteiger partial charge in [-0.3, -0.25) is 0 Å². The summed E-state index contributed by atoms with van der Waals surface area (Å²) in [6, 6.07) is 5.59. The van der Waals surface area contributed by atoms with E-state index >= 15 is 0 Å². The molecule has 2 N–H and O–H groups in total. The minimum atomic E-state index is -0.103. The van der Waals surface area contributed by atoms with E-state index in [4.69, 9.17) is 5.73 Å². The molecule has 0 aromatic heterocycles. The lowest BCUT2D eigenvalue weighted by molar-refractivity contribution is 0.311. The first-order valence-corrected chi connectivity index (χ1v) is 6.62. The largest absolute Gasteiger partial charge is 0.367 e. The fourth-order valence-electron chi connectivity index (χ4n) is 2.32. The summed E-state index contributed by atoms with van der Waals surface area (Å²) in [5.74, 6) is -0.103. The Morgan fingerprint density at radius 1 is 1.22 bits per heavy atom. The van der Waals surface area contributed by atoms with Crippen molar-refractivity contribution in [2.45, 2.75) is 12.8 Å². The number of anilines is 1. The number of benzene rings is 1. The number of piperazine rings is 1. The monoisotopic (exact) mass is 251 g/mol. The van der Waals surface area contributed by atoms with E-state index in [1.165, 1.54) is 0 Å². The van der Waals surface area contributed by atoms with Crippen LogP contribution in [0.3, 0.4) is 0 Å². The van der Waals surface area contributed by atoms with Gasteiger partial charge in [0.25, 0.3) is 0 Å². The molecule has 100 valence electrons. The van der Waals surface area contributed by atoms with Gasteiger partial charge < -0.3 is 15.5 Å². The Labute approximate surface area is 108 Å². The van der Waals surface area contributed by atoms with Crippen molar-refractivity contribution in [1.29, 1.82) is 0 Å². The van der Waals surface area contributed by atoms with Crippen LogP contribution in [0.25, 0.3) is 0 Å². The molecule has 1 aromatic carbocycles. The van der Waals surface area contributed by atoms with E-state index in [9.17, 15) is 4.39 Å². The number of halogens is 1. The Morgan fingerprint density at radius 3 is 2.56 bits per heavy atom. The third kappa shape index (κ3) is 3.21. The summed E-state index contributed by atoms with van der Waals surface area (Å²) in [7, 11) is 2.10. The SMILES string of the molecule is CN1CCN(c2ccc(CCCN)cc2F)CC1. The first-order chi connectivity index (χ1) is 8.70. The third-order valence-electron chi connectivity index (χ3n) is 3.53. The van der Waals surface area contributed by atoms with Crippen LogP contribution in [0.2, 0.25) is 0 Å². The standard InChI is InChI=1S/C14H22FN3/c1-17-7-9-18(10-8-17)14-5-4-12(3-2-6-16)11-13(14)15/h4-5,11H,2-3,6-10,16H2,1H3. The highest BCUT2D eigenvalue weighted by molar-refractivity contribution is 5.49. The molecule has 0 amide bonds. The zero-order chi connectivity index (χ0) is 13.0. The lowest BCUT2D eigenvalue weighted by atomic mass is 10.1. The Balaban J connectivity index is 2.05. The minimum Gasteiger partial charge on any atom is -0.367 e. The van der Waals surface area contributed by atoms with E-state index in [2.05, 4.69) is 16.8 Å². The molecule has 0 atom stereocenters. The number of aryl methyl sites for hydroxylation is 1. The number of nitrogens with zero attached hydrogens (tertiary/aromatic N) is 2. The normalized spacial score (nSPS) is 17.2. The van der Waals surface area contributed by atoms with Gasteiger partial charge in [-0.15, -0.1) is 0 Å². The second-order valence-corrected chi connectivity index (χ2v) is 4.97. The smallest absolute Gasteiger partial charge is 0.146 e. The predicted octanol–water partition coefficient (Wildman–Crippen LogP) is 1.47. The lowest BCUT2D eigenvalue weighted by Crippen LogP contribution is -2.44. The van der Waals surface area contributed by atoms with Gasteiger partial charge in [-0.1, -0.05) is 6.07 Å². The molecule has 0 unspecified atom stereocenters. The van der Waals surface area contributed by atoms with E-state index in [1.54, 1.807) is 6.07 Å². The van der Waals surface area contributed by atoms with Gasteiger partial charge in [0, 0.05) is 26.2 Å². The van der Waals surface area contributed by atoms with Crippen LogP contribution in [0.4, 0.5) is 10.1 Å². The maximum Gasteiger partial charge on any atom is 0.146 e. The molecule has 1 fully saturated rings. The molecule has 18 heavy (non-hydrogen) atoms. The Kier molecular flexibility index (Phi) is 4.55. The number of rotatable bonds is 4. The summed E-state index contributed by atoms with van der Waals surface area (Å²) in [6.07, 6.45) is 1.77. The van der Waals surface area contributed by atoms with Gasteiger partial charge in [0.2, 0.25) is 0 Å². The van der Waals surface area contributed by atoms with Crippen molar-refractivity contribution in [3.8, 4) is 0 Å². The summed E-state index contributed by atoms with van der Waals surface area (Å²) in [6.45, 7) is 4.44. The summed E-state index contributed by atoms with van der Waals surface area (Å²) < 4.78 is 14.1. The molecule has 0 bridgehead atoms. The first-order valence-electron chi connectivity index (χ1n) is 6.62. The molecule has 4 heteroatoms. The highest BCUT2D eigenvalue weighted by Gasteiger charge is 2.17. The molecular formula is C14H22FN3. The second kappa shape index (κ2) is 6.16. The van der Waals surface area contributed by atoms with Crippen molar-refractivity contribution in [1.82, 2.24) is 4.90 Å². The van der Waals surface area contributed by atoms with Gasteiger partial charge in [-0.2, -0.15) is 0 Å². The van der Waals surface area contributed by atoms with Gasteiger partial charge in [-0.25, -0.2) is 4.39 Å². The van der Waals surface area contributed by atoms with E-state index in [1.807, 2.05) is 12.1 Å². The lowest BCUT2D eigenvalue weighted by Gasteiger charge is -2.34. The van der Waals surface area contributed by atoms with Crippen molar-refractivity contribution in [3.63, 3.8) is 0 Å². The number of hydrogen-bond donors (Lipinski definition) is 1. The van der Waals surface area contributed by atoms with Crippen LogP contribution >= 0.6 is 0 Å². The quantitative estimate of drug-likeness (QED) is 0.879. The average molecular weight is 251 g/mol. The first kappa shape index (κ1) is 13.3. The van der Waals surface area contributed by atoms with Crippen molar-refractivity contribution < 1.29 is 4.39 Å². The summed E-state index contributed by atoms with van der Waals surface area (Å²) in [5.41, 5.74) is 7.24. The molecule has 0 spiro atoms. The van der Waals surface area contributed by atoms with E-state index in [0.717, 1.165) is 50.3 Å². The molecule has 1 aliphatic rings. The van der Waals surface area contributed by atoms with Crippen LogP contribution in [0.5, 0.6) is 0 Å². The average Bonchev–Trinajstić information content (AvgIpc) is 2.38. The van der Waals surface area contributed by atoms with E-state index < -0.39 is 0 Å². The number of nitrogens with two attached hydrogens (primary N) is 1. The van der Waals surface area contributed by atoms with Gasteiger partial charge in [0.05, 0.1) is 5.69 Å². The molecular weight excluding hydrogens is 229 g/mol. The zero-order valence-electron chi connectivity index (χ0n) is 11.0. The highest BCUT2D eigenvalue weighted by atomic mass is 19.1. The van der Waals surface area contributed by atoms with Crippen LogP contribution in [0, 0.1) is 5.82 Å². The van der Waals surface area contributed by atoms with Crippen LogP contribution in [0.1, 0.15) is 12.0 Å². The van der Waals surface area contributed by atoms with Crippen LogP contribution in [0.15, 0.2) is 18.2 Å².